The summed E-state index contributed by atoms with van der Waals surface area (Å²) in [6.45, 7) is 0.410. The van der Waals surface area contributed by atoms with Crippen LogP contribution in [0.25, 0.3) is 0 Å². The van der Waals surface area contributed by atoms with E-state index in [-0.39, 0.29) is 12.1 Å². The van der Waals surface area contributed by atoms with Gasteiger partial charge in [-0.1, -0.05) is 65.3 Å². The highest BCUT2D eigenvalue weighted by Crippen LogP contribution is 2.33. The number of carbonyl (C=O) groups is 2. The molecule has 0 bridgehead atoms. The van der Waals surface area contributed by atoms with Crippen LogP contribution in [-0.2, 0) is 16.0 Å². The smallest absolute Gasteiger partial charge is 0.406 e. The number of alkyl halides is 3. The monoisotopic (exact) mass is 581 g/mol. The van der Waals surface area contributed by atoms with E-state index in [9.17, 15) is 22.8 Å². The summed E-state index contributed by atoms with van der Waals surface area (Å²) in [5.41, 5.74) is 1.79. The Kier molecular flexibility index (Phi) is 8.86. The maximum atomic E-state index is 13.2. The van der Waals surface area contributed by atoms with Gasteiger partial charge in [0.25, 0.3) is 0 Å². The Morgan fingerprint density at radius 3 is 2.32 bits per heavy atom. The Hall–Kier alpha value is -3.21. The maximum absolute atomic E-state index is 13.2. The second-order valence-electron chi connectivity index (χ2n) is 8.13. The topological polar surface area (TPSA) is 71.0 Å². The molecule has 3 aromatic carbocycles. The number of ether oxygens (including phenoxy) is 1. The quantitative estimate of drug-likeness (QED) is 0.185. The van der Waals surface area contributed by atoms with Crippen LogP contribution in [0.4, 0.5) is 24.5 Å². The molecule has 0 unspecified atom stereocenters. The lowest BCUT2D eigenvalue weighted by Crippen LogP contribution is -2.31. The molecule has 12 heteroatoms. The van der Waals surface area contributed by atoms with Crippen LogP contribution in [0.15, 0.2) is 77.8 Å². The molecule has 0 aromatic heterocycles. The average molecular weight is 582 g/mol. The van der Waals surface area contributed by atoms with Crippen molar-refractivity contribution in [2.75, 3.05) is 16.8 Å². The zero-order chi connectivity index (χ0) is 27.3. The summed E-state index contributed by atoms with van der Waals surface area (Å²) in [5.74, 6) is -1.44. The van der Waals surface area contributed by atoms with Gasteiger partial charge in [-0.2, -0.15) is 0 Å². The van der Waals surface area contributed by atoms with E-state index in [2.05, 4.69) is 15.0 Å². The number of hydrogen-bond donors (Lipinski definition) is 1. The van der Waals surface area contributed by atoms with Gasteiger partial charge in [0.1, 0.15) is 11.0 Å². The van der Waals surface area contributed by atoms with Gasteiger partial charge in [0, 0.05) is 28.7 Å². The molecule has 1 saturated heterocycles. The standard InChI is InChI=1S/C26H20Cl2F3N3O3S/c27-17-12-18(28)14-19(13-17)33-25(32-11-10-16-4-2-1-3-5-16)38-22-15-23(35)34(24(22)36)20-6-8-21(9-7-20)37-26(29,30)31/h1-9,12-14,22H,10-11,15H2,(H,32,33)/t22-/m0/s1. The summed E-state index contributed by atoms with van der Waals surface area (Å²) >= 11 is 13.3. The van der Waals surface area contributed by atoms with Crippen molar-refractivity contribution in [3.05, 3.63) is 88.4 Å². The van der Waals surface area contributed by atoms with E-state index in [1.165, 1.54) is 12.1 Å². The van der Waals surface area contributed by atoms with Crippen LogP contribution in [0.1, 0.15) is 12.0 Å². The lowest BCUT2D eigenvalue weighted by Gasteiger charge is -2.17. The van der Waals surface area contributed by atoms with Crippen LogP contribution in [0.2, 0.25) is 10.0 Å². The fourth-order valence-electron chi connectivity index (χ4n) is 3.69. The molecular formula is C26H20Cl2F3N3O3S. The molecule has 6 nitrogen and oxygen atoms in total. The van der Waals surface area contributed by atoms with E-state index in [4.69, 9.17) is 23.2 Å². The van der Waals surface area contributed by atoms with Crippen molar-refractivity contribution in [3.8, 4) is 5.75 Å². The van der Waals surface area contributed by atoms with E-state index in [0.717, 1.165) is 34.4 Å². The number of benzene rings is 3. The first kappa shape index (κ1) is 27.8. The third-order valence-corrected chi connectivity index (χ3v) is 6.84. The fourth-order valence-corrected chi connectivity index (χ4v) is 5.26. The minimum absolute atomic E-state index is 0.111. The molecule has 0 aliphatic carbocycles. The van der Waals surface area contributed by atoms with E-state index in [1.54, 1.807) is 18.2 Å². The molecule has 1 N–H and O–H groups in total. The molecule has 4 rings (SSSR count). The Labute approximate surface area is 230 Å². The van der Waals surface area contributed by atoms with Gasteiger partial charge in [0.05, 0.1) is 5.69 Å². The van der Waals surface area contributed by atoms with Crippen LogP contribution in [-0.4, -0.2) is 35.1 Å². The molecule has 1 heterocycles. The highest BCUT2D eigenvalue weighted by molar-refractivity contribution is 8.15. The fraction of sp³-hybridized carbons (Fsp3) is 0.192. The first-order valence-electron chi connectivity index (χ1n) is 11.3. The van der Waals surface area contributed by atoms with Gasteiger partial charge in [0.2, 0.25) is 11.8 Å². The number of amidine groups is 1. The predicted octanol–water partition coefficient (Wildman–Crippen LogP) is 6.97. The molecular weight excluding hydrogens is 562 g/mol. The maximum Gasteiger partial charge on any atom is 0.573 e. The molecule has 198 valence electrons. The number of hydrogen-bond acceptors (Lipinski definition) is 5. The third kappa shape index (κ3) is 7.66. The molecule has 1 atom stereocenters. The van der Waals surface area contributed by atoms with Gasteiger partial charge >= 0.3 is 6.36 Å². The summed E-state index contributed by atoms with van der Waals surface area (Å²) in [7, 11) is 0. The average Bonchev–Trinajstić information content (AvgIpc) is 3.11. The molecule has 38 heavy (non-hydrogen) atoms. The minimum Gasteiger partial charge on any atom is -0.406 e. The third-order valence-electron chi connectivity index (χ3n) is 5.30. The molecule has 1 fully saturated rings. The zero-order valence-corrected chi connectivity index (χ0v) is 21.9. The van der Waals surface area contributed by atoms with Crippen molar-refractivity contribution in [1.29, 1.82) is 0 Å². The lowest BCUT2D eigenvalue weighted by molar-refractivity contribution is -0.274. The van der Waals surface area contributed by atoms with Crippen molar-refractivity contribution in [3.63, 3.8) is 0 Å². The van der Waals surface area contributed by atoms with E-state index in [0.29, 0.717) is 33.9 Å². The molecule has 1 aliphatic heterocycles. The van der Waals surface area contributed by atoms with Gasteiger partial charge < -0.3 is 10.1 Å². The second-order valence-corrected chi connectivity index (χ2v) is 10.2. The second kappa shape index (κ2) is 12.1. The summed E-state index contributed by atoms with van der Waals surface area (Å²) in [5, 5.41) is 3.54. The van der Waals surface area contributed by atoms with Crippen LogP contribution in [0, 0.1) is 0 Å². The highest BCUT2D eigenvalue weighted by Gasteiger charge is 2.41. The van der Waals surface area contributed by atoms with E-state index in [1.807, 2.05) is 30.3 Å². The largest absolute Gasteiger partial charge is 0.573 e. The number of amides is 2. The van der Waals surface area contributed by atoms with Crippen LogP contribution in [0.3, 0.4) is 0 Å². The molecule has 0 radical (unpaired) electrons. The van der Waals surface area contributed by atoms with Gasteiger partial charge in [-0.05, 0) is 54.4 Å². The van der Waals surface area contributed by atoms with Gasteiger partial charge in [-0.15, -0.1) is 13.2 Å². The molecule has 0 saturated carbocycles. The van der Waals surface area contributed by atoms with Crippen molar-refractivity contribution in [2.24, 2.45) is 4.99 Å². The van der Waals surface area contributed by atoms with Crippen molar-refractivity contribution < 1.29 is 27.5 Å². The van der Waals surface area contributed by atoms with Crippen LogP contribution < -0.4 is 15.0 Å². The Balaban J connectivity index is 1.50. The molecule has 0 spiro atoms. The van der Waals surface area contributed by atoms with Crippen LogP contribution >= 0.6 is 35.0 Å². The first-order valence-corrected chi connectivity index (χ1v) is 12.9. The predicted molar refractivity (Wildman–Crippen MR) is 144 cm³/mol. The van der Waals surface area contributed by atoms with Crippen molar-refractivity contribution >= 4 is 63.3 Å². The number of rotatable bonds is 7. The van der Waals surface area contributed by atoms with Crippen molar-refractivity contribution in [1.82, 2.24) is 0 Å². The number of nitrogens with one attached hydrogen (secondary N) is 1. The zero-order valence-electron chi connectivity index (χ0n) is 19.5. The number of thioether (sulfide) groups is 1. The lowest BCUT2D eigenvalue weighted by atomic mass is 10.2. The number of imide groups is 1. The summed E-state index contributed by atoms with van der Waals surface area (Å²) in [4.78, 5) is 31.5. The number of halogens is 5. The normalized spacial score (nSPS) is 16.2. The number of nitrogens with zero attached hydrogens (tertiary/aromatic N) is 2. The molecule has 2 amide bonds. The molecule has 3 aromatic rings. The Morgan fingerprint density at radius 2 is 1.68 bits per heavy atom. The van der Waals surface area contributed by atoms with E-state index >= 15 is 0 Å². The summed E-state index contributed by atoms with van der Waals surface area (Å²) in [6.07, 6.45) is -4.31. The minimum atomic E-state index is -4.85. The Morgan fingerprint density at radius 1 is 1.03 bits per heavy atom. The van der Waals surface area contributed by atoms with Gasteiger partial charge in [0.15, 0.2) is 5.17 Å². The number of carbonyl (C=O) groups excluding carboxylic acids is 2. The summed E-state index contributed by atoms with van der Waals surface area (Å²) in [6, 6.07) is 19.2. The molecule has 1 aliphatic rings. The van der Waals surface area contributed by atoms with Gasteiger partial charge in [-0.3, -0.25) is 14.6 Å². The van der Waals surface area contributed by atoms with Gasteiger partial charge in [-0.25, -0.2) is 4.90 Å². The Bertz CT molecular complexity index is 1320. The van der Waals surface area contributed by atoms with Crippen LogP contribution in [0.5, 0.6) is 5.75 Å². The van der Waals surface area contributed by atoms with Crippen molar-refractivity contribution in [2.45, 2.75) is 24.5 Å². The first-order chi connectivity index (χ1) is 18.1. The number of aliphatic imine (C=N–C) groups is 1. The summed E-state index contributed by atoms with van der Waals surface area (Å²) < 4.78 is 41.2. The number of anilines is 2. The van der Waals surface area contributed by atoms with E-state index < -0.39 is 29.2 Å². The highest BCUT2D eigenvalue weighted by atomic mass is 35.5. The SMILES string of the molecule is O=C1C[C@H](SC(=NCCc2ccccc2)Nc2cc(Cl)cc(Cl)c2)C(=O)N1c1ccc(OC(F)(F)F)cc1.